The molecule has 1 fully saturated rings. The van der Waals surface area contributed by atoms with Crippen LogP contribution in [0, 0.1) is 0 Å². The van der Waals surface area contributed by atoms with Gasteiger partial charge < -0.3 is 5.32 Å². The van der Waals surface area contributed by atoms with Crippen molar-refractivity contribution < 1.29 is 13.2 Å². The van der Waals surface area contributed by atoms with Gasteiger partial charge >= 0.3 is 6.18 Å². The average molecular weight is 261 g/mol. The summed E-state index contributed by atoms with van der Waals surface area (Å²) >= 11 is 1.46. The van der Waals surface area contributed by atoms with Crippen LogP contribution in [0.3, 0.4) is 0 Å². The van der Waals surface area contributed by atoms with Gasteiger partial charge in [0.2, 0.25) is 0 Å². The predicted octanol–water partition coefficient (Wildman–Crippen LogP) is 3.55. The van der Waals surface area contributed by atoms with Crippen molar-refractivity contribution >= 4 is 11.8 Å². The van der Waals surface area contributed by atoms with Crippen molar-refractivity contribution in [1.29, 1.82) is 0 Å². The van der Waals surface area contributed by atoms with Crippen molar-refractivity contribution in [3.05, 3.63) is 29.8 Å². The fourth-order valence-electron chi connectivity index (χ4n) is 1.48. The molecule has 0 atom stereocenters. The lowest BCUT2D eigenvalue weighted by Gasteiger charge is -2.08. The molecule has 94 valence electrons. The molecule has 0 saturated heterocycles. The summed E-state index contributed by atoms with van der Waals surface area (Å²) in [6.07, 6.45) is -1.79. The summed E-state index contributed by atoms with van der Waals surface area (Å²) in [6, 6.07) is 6.14. The zero-order valence-electron chi connectivity index (χ0n) is 9.26. The molecule has 0 aromatic heterocycles. The van der Waals surface area contributed by atoms with Gasteiger partial charge in [-0.25, -0.2) is 0 Å². The van der Waals surface area contributed by atoms with Gasteiger partial charge in [0.05, 0.1) is 5.56 Å². The Morgan fingerprint density at radius 3 is 2.71 bits per heavy atom. The maximum Gasteiger partial charge on any atom is 0.416 e. The van der Waals surface area contributed by atoms with E-state index in [9.17, 15) is 13.2 Å². The molecule has 5 heteroatoms. The summed E-state index contributed by atoms with van der Waals surface area (Å²) in [7, 11) is 0. The summed E-state index contributed by atoms with van der Waals surface area (Å²) in [5.74, 6) is 0.803. The van der Waals surface area contributed by atoms with Gasteiger partial charge in [0.25, 0.3) is 0 Å². The molecule has 1 N–H and O–H groups in total. The molecule has 0 bridgehead atoms. The Labute approximate surface area is 103 Å². The second kappa shape index (κ2) is 5.31. The number of hydrogen-bond acceptors (Lipinski definition) is 2. The number of halogens is 3. The Morgan fingerprint density at radius 2 is 2.06 bits per heavy atom. The maximum atomic E-state index is 12.4. The highest BCUT2D eigenvalue weighted by atomic mass is 32.2. The first-order chi connectivity index (χ1) is 8.05. The minimum Gasteiger partial charge on any atom is -0.313 e. The minimum absolute atomic E-state index is 0.572. The van der Waals surface area contributed by atoms with Crippen molar-refractivity contribution in [2.24, 2.45) is 0 Å². The number of nitrogens with one attached hydrogen (secondary N) is 1. The summed E-state index contributed by atoms with van der Waals surface area (Å²) in [5, 5.41) is 3.33. The first-order valence-corrected chi connectivity index (χ1v) is 6.58. The second-order valence-electron chi connectivity index (χ2n) is 4.10. The molecule has 1 aliphatic carbocycles. The van der Waals surface area contributed by atoms with Crippen molar-refractivity contribution in [1.82, 2.24) is 5.32 Å². The molecule has 0 heterocycles. The van der Waals surface area contributed by atoms with Gasteiger partial charge in [0, 0.05) is 23.2 Å². The fraction of sp³-hybridized carbons (Fsp3) is 0.500. The number of alkyl halides is 3. The minimum atomic E-state index is -4.25. The molecule has 0 aliphatic heterocycles. The van der Waals surface area contributed by atoms with E-state index in [0.717, 1.165) is 18.4 Å². The van der Waals surface area contributed by atoms with Crippen LogP contribution in [0.4, 0.5) is 13.2 Å². The first-order valence-electron chi connectivity index (χ1n) is 5.59. The van der Waals surface area contributed by atoms with Crippen LogP contribution in [0.25, 0.3) is 0 Å². The lowest BCUT2D eigenvalue weighted by Crippen LogP contribution is -2.19. The second-order valence-corrected chi connectivity index (χ2v) is 5.27. The lowest BCUT2D eigenvalue weighted by atomic mass is 10.2. The molecule has 1 saturated carbocycles. The molecule has 0 amide bonds. The van der Waals surface area contributed by atoms with Crippen molar-refractivity contribution in [2.45, 2.75) is 30.0 Å². The largest absolute Gasteiger partial charge is 0.416 e. The van der Waals surface area contributed by atoms with Crippen LogP contribution in [-0.4, -0.2) is 18.3 Å². The Balaban J connectivity index is 1.82. The normalized spacial score (nSPS) is 16.2. The highest BCUT2D eigenvalue weighted by Gasteiger charge is 2.30. The number of thioether (sulfide) groups is 1. The highest BCUT2D eigenvalue weighted by molar-refractivity contribution is 7.99. The van der Waals surface area contributed by atoms with E-state index in [1.165, 1.54) is 36.7 Å². The average Bonchev–Trinajstić information content (AvgIpc) is 3.08. The zero-order chi connectivity index (χ0) is 12.3. The van der Waals surface area contributed by atoms with Gasteiger partial charge in [0.1, 0.15) is 0 Å². The molecule has 1 nitrogen and oxygen atoms in total. The monoisotopic (exact) mass is 261 g/mol. The number of hydrogen-bond donors (Lipinski definition) is 1. The first kappa shape index (κ1) is 12.8. The van der Waals surface area contributed by atoms with Gasteiger partial charge in [-0.2, -0.15) is 13.2 Å². The van der Waals surface area contributed by atoms with E-state index in [-0.39, 0.29) is 0 Å². The van der Waals surface area contributed by atoms with Crippen LogP contribution >= 0.6 is 11.8 Å². The Kier molecular flexibility index (Phi) is 3.99. The zero-order valence-corrected chi connectivity index (χ0v) is 10.1. The summed E-state index contributed by atoms with van der Waals surface area (Å²) < 4.78 is 37.3. The summed E-state index contributed by atoms with van der Waals surface area (Å²) in [6.45, 7) is 0.853. The molecule has 2 rings (SSSR count). The maximum absolute atomic E-state index is 12.4. The standard InChI is InChI=1S/C12H14F3NS/c13-12(14,15)9-2-1-3-11(8-9)17-7-6-16-10-4-5-10/h1-3,8,10,16H,4-7H2. The topological polar surface area (TPSA) is 12.0 Å². The van der Waals surface area contributed by atoms with Crippen LogP contribution in [-0.2, 0) is 6.18 Å². The van der Waals surface area contributed by atoms with Gasteiger partial charge in [-0.3, -0.25) is 0 Å². The van der Waals surface area contributed by atoms with Gasteiger partial charge in [-0.1, -0.05) is 6.07 Å². The fourth-order valence-corrected chi connectivity index (χ4v) is 2.32. The number of benzene rings is 1. The Bertz CT molecular complexity index is 374. The predicted molar refractivity (Wildman–Crippen MR) is 63.2 cm³/mol. The molecular formula is C12H14F3NS. The van der Waals surface area contributed by atoms with Crippen molar-refractivity contribution in [3.63, 3.8) is 0 Å². The Hall–Kier alpha value is -0.680. The van der Waals surface area contributed by atoms with E-state index in [4.69, 9.17) is 0 Å². The van der Waals surface area contributed by atoms with E-state index in [0.29, 0.717) is 10.9 Å². The molecule has 1 aliphatic rings. The van der Waals surface area contributed by atoms with Crippen LogP contribution in [0.1, 0.15) is 18.4 Å². The quantitative estimate of drug-likeness (QED) is 0.642. The SMILES string of the molecule is FC(F)(F)c1cccc(SCCNC2CC2)c1. The van der Waals surface area contributed by atoms with Crippen LogP contribution < -0.4 is 5.32 Å². The molecule has 0 spiro atoms. The van der Waals surface area contributed by atoms with E-state index in [1.54, 1.807) is 6.07 Å². The Morgan fingerprint density at radius 1 is 1.29 bits per heavy atom. The highest BCUT2D eigenvalue weighted by Crippen LogP contribution is 2.31. The smallest absolute Gasteiger partial charge is 0.313 e. The van der Waals surface area contributed by atoms with E-state index < -0.39 is 11.7 Å². The summed E-state index contributed by atoms with van der Waals surface area (Å²) in [4.78, 5) is 0.678. The summed E-state index contributed by atoms with van der Waals surface area (Å²) in [5.41, 5.74) is -0.572. The third-order valence-corrected chi connectivity index (χ3v) is 3.54. The third kappa shape index (κ3) is 4.24. The lowest BCUT2D eigenvalue weighted by molar-refractivity contribution is -0.137. The van der Waals surface area contributed by atoms with Crippen LogP contribution in [0.15, 0.2) is 29.2 Å². The van der Waals surface area contributed by atoms with Gasteiger partial charge in [-0.15, -0.1) is 11.8 Å². The molecule has 17 heavy (non-hydrogen) atoms. The van der Waals surface area contributed by atoms with Gasteiger partial charge in [0.15, 0.2) is 0 Å². The van der Waals surface area contributed by atoms with Crippen LogP contribution in [0.2, 0.25) is 0 Å². The van der Waals surface area contributed by atoms with Crippen molar-refractivity contribution in [3.8, 4) is 0 Å². The van der Waals surface area contributed by atoms with E-state index in [2.05, 4.69) is 5.32 Å². The van der Waals surface area contributed by atoms with Crippen LogP contribution in [0.5, 0.6) is 0 Å². The van der Waals surface area contributed by atoms with E-state index in [1.807, 2.05) is 0 Å². The third-order valence-electron chi connectivity index (χ3n) is 2.54. The number of rotatable bonds is 5. The van der Waals surface area contributed by atoms with Gasteiger partial charge in [-0.05, 0) is 31.0 Å². The molecule has 1 aromatic rings. The van der Waals surface area contributed by atoms with E-state index >= 15 is 0 Å². The molecule has 1 aromatic carbocycles. The molecule has 0 radical (unpaired) electrons. The molecular weight excluding hydrogens is 247 g/mol. The van der Waals surface area contributed by atoms with Crippen molar-refractivity contribution in [2.75, 3.05) is 12.3 Å². The molecule has 0 unspecified atom stereocenters.